The zero-order chi connectivity index (χ0) is 25.1. The topological polar surface area (TPSA) is 73.7 Å². The van der Waals surface area contributed by atoms with Gasteiger partial charge in [0.25, 0.3) is 0 Å². The lowest BCUT2D eigenvalue weighted by molar-refractivity contribution is 0.243. The lowest BCUT2D eigenvalue weighted by Crippen LogP contribution is -2.39. The highest BCUT2D eigenvalue weighted by atomic mass is 32.2. The Balaban J connectivity index is 1.31. The third kappa shape index (κ3) is 4.94. The Morgan fingerprint density at radius 2 is 1.72 bits per heavy atom. The summed E-state index contributed by atoms with van der Waals surface area (Å²) in [7, 11) is -2.48. The minimum Gasteiger partial charge on any atom is -0.495 e. The van der Waals surface area contributed by atoms with Crippen LogP contribution in [0.1, 0.15) is 18.7 Å². The maximum absolute atomic E-state index is 13.8. The van der Waals surface area contributed by atoms with Gasteiger partial charge >= 0.3 is 0 Å². The largest absolute Gasteiger partial charge is 0.495 e. The molecule has 0 saturated carbocycles. The van der Waals surface area contributed by atoms with E-state index < -0.39 is 15.8 Å². The maximum Gasteiger partial charge on any atom is 0.246 e. The number of rotatable bonds is 8. The van der Waals surface area contributed by atoms with Crippen LogP contribution in [-0.4, -0.2) is 42.5 Å². The van der Waals surface area contributed by atoms with E-state index in [2.05, 4.69) is 4.57 Å². The van der Waals surface area contributed by atoms with Crippen molar-refractivity contribution < 1.29 is 22.3 Å². The average molecular weight is 510 g/mol. The molecule has 0 amide bonds. The third-order valence-electron chi connectivity index (χ3n) is 6.60. The first-order valence-corrected chi connectivity index (χ1v) is 13.4. The van der Waals surface area contributed by atoms with Crippen molar-refractivity contribution in [1.82, 2.24) is 13.9 Å². The Bertz CT molecular complexity index is 1450. The van der Waals surface area contributed by atoms with Gasteiger partial charge in [0.1, 0.15) is 34.6 Å². The van der Waals surface area contributed by atoms with Crippen molar-refractivity contribution in [2.75, 3.05) is 20.2 Å². The fourth-order valence-corrected chi connectivity index (χ4v) is 6.32. The van der Waals surface area contributed by atoms with Gasteiger partial charge in [-0.15, -0.1) is 0 Å². The van der Waals surface area contributed by atoms with Gasteiger partial charge < -0.3 is 14.0 Å². The molecule has 7 nitrogen and oxygen atoms in total. The van der Waals surface area contributed by atoms with Crippen LogP contribution in [0.25, 0.3) is 11.0 Å². The highest BCUT2D eigenvalue weighted by molar-refractivity contribution is 7.89. The SMILES string of the molecule is COc1ccc(F)cc1S(=O)(=O)N1CCC(Cn2c(COc3ccccc3)nc3ccccc32)CC1. The number of nitrogens with zero attached hydrogens (tertiary/aromatic N) is 3. The minimum absolute atomic E-state index is 0.135. The van der Waals surface area contributed by atoms with Gasteiger partial charge in [-0.05, 0) is 61.2 Å². The van der Waals surface area contributed by atoms with Crippen molar-refractivity contribution in [3.63, 3.8) is 0 Å². The number of hydrogen-bond donors (Lipinski definition) is 0. The molecule has 0 aliphatic carbocycles. The van der Waals surface area contributed by atoms with E-state index in [1.54, 1.807) is 0 Å². The summed E-state index contributed by atoms with van der Waals surface area (Å²) in [6, 6.07) is 21.2. The van der Waals surface area contributed by atoms with Crippen LogP contribution in [0.2, 0.25) is 0 Å². The Morgan fingerprint density at radius 1 is 1.00 bits per heavy atom. The first-order valence-electron chi connectivity index (χ1n) is 11.9. The molecule has 1 aliphatic heterocycles. The molecule has 1 aromatic heterocycles. The lowest BCUT2D eigenvalue weighted by atomic mass is 9.98. The summed E-state index contributed by atoms with van der Waals surface area (Å²) in [5.74, 6) is 1.41. The summed E-state index contributed by atoms with van der Waals surface area (Å²) in [4.78, 5) is 4.66. The van der Waals surface area contributed by atoms with Crippen LogP contribution < -0.4 is 9.47 Å². The van der Waals surface area contributed by atoms with Crippen LogP contribution in [0, 0.1) is 11.7 Å². The van der Waals surface area contributed by atoms with E-state index in [1.807, 2.05) is 54.6 Å². The molecule has 1 fully saturated rings. The summed E-state index contributed by atoms with van der Waals surface area (Å²) >= 11 is 0. The molecule has 3 aromatic carbocycles. The Labute approximate surface area is 210 Å². The van der Waals surface area contributed by atoms with Crippen LogP contribution in [0.5, 0.6) is 11.5 Å². The Kier molecular flexibility index (Phi) is 6.93. The average Bonchev–Trinajstić information content (AvgIpc) is 3.25. The number of fused-ring (bicyclic) bond motifs is 1. The Morgan fingerprint density at radius 3 is 2.47 bits per heavy atom. The third-order valence-corrected chi connectivity index (χ3v) is 8.52. The van der Waals surface area contributed by atoms with E-state index in [0.717, 1.165) is 28.7 Å². The highest BCUT2D eigenvalue weighted by Crippen LogP contribution is 2.31. The second-order valence-corrected chi connectivity index (χ2v) is 10.8. The van der Waals surface area contributed by atoms with Crippen molar-refractivity contribution in [3.8, 4) is 11.5 Å². The van der Waals surface area contributed by atoms with E-state index in [0.29, 0.717) is 39.1 Å². The number of aromatic nitrogens is 2. The molecule has 0 unspecified atom stereocenters. The highest BCUT2D eigenvalue weighted by Gasteiger charge is 2.32. The summed E-state index contributed by atoms with van der Waals surface area (Å²) in [6.45, 7) is 1.76. The molecule has 1 aliphatic rings. The van der Waals surface area contributed by atoms with Gasteiger partial charge in [0.05, 0.1) is 18.1 Å². The smallest absolute Gasteiger partial charge is 0.246 e. The molecule has 0 N–H and O–H groups in total. The zero-order valence-electron chi connectivity index (χ0n) is 20.0. The molecule has 0 spiro atoms. The van der Waals surface area contributed by atoms with Gasteiger partial charge in [-0.1, -0.05) is 30.3 Å². The number of methoxy groups -OCH3 is 1. The van der Waals surface area contributed by atoms with E-state index >= 15 is 0 Å². The first kappa shape index (κ1) is 24.3. The Hall–Kier alpha value is -3.43. The number of benzene rings is 3. The first-order chi connectivity index (χ1) is 17.5. The summed E-state index contributed by atoms with van der Waals surface area (Å²) in [5.41, 5.74) is 1.94. The quantitative estimate of drug-likeness (QED) is 0.339. The number of ether oxygens (including phenoxy) is 2. The molecule has 36 heavy (non-hydrogen) atoms. The van der Waals surface area contributed by atoms with Crippen LogP contribution in [0.15, 0.2) is 77.7 Å². The van der Waals surface area contributed by atoms with Gasteiger partial charge in [-0.3, -0.25) is 0 Å². The summed E-state index contributed by atoms with van der Waals surface area (Å²) in [5, 5.41) is 0. The number of piperidine rings is 1. The van der Waals surface area contributed by atoms with Gasteiger partial charge in [0.2, 0.25) is 10.0 Å². The second kappa shape index (κ2) is 10.3. The van der Waals surface area contributed by atoms with Gasteiger partial charge in [0, 0.05) is 19.6 Å². The molecule has 9 heteroatoms. The van der Waals surface area contributed by atoms with Crippen molar-refractivity contribution in [2.45, 2.75) is 30.9 Å². The van der Waals surface area contributed by atoms with Crippen molar-refractivity contribution in [3.05, 3.63) is 84.4 Å². The van der Waals surface area contributed by atoms with Crippen molar-refractivity contribution in [1.29, 1.82) is 0 Å². The normalized spacial score (nSPS) is 15.3. The van der Waals surface area contributed by atoms with Crippen molar-refractivity contribution >= 4 is 21.1 Å². The molecule has 188 valence electrons. The number of imidazole rings is 1. The van der Waals surface area contributed by atoms with Crippen LogP contribution in [0.3, 0.4) is 0 Å². The van der Waals surface area contributed by atoms with Crippen LogP contribution in [-0.2, 0) is 23.2 Å². The molecule has 0 radical (unpaired) electrons. The lowest BCUT2D eigenvalue weighted by Gasteiger charge is -2.32. The number of sulfonamides is 1. The zero-order valence-corrected chi connectivity index (χ0v) is 20.8. The summed E-state index contributed by atoms with van der Waals surface area (Å²) < 4.78 is 55.1. The van der Waals surface area contributed by atoms with Gasteiger partial charge in [0.15, 0.2) is 0 Å². The predicted molar refractivity (Wildman–Crippen MR) is 135 cm³/mol. The molecule has 2 heterocycles. The van der Waals surface area contributed by atoms with Crippen molar-refractivity contribution in [2.24, 2.45) is 5.92 Å². The number of para-hydroxylation sites is 3. The fourth-order valence-electron chi connectivity index (χ4n) is 4.69. The van der Waals surface area contributed by atoms with Gasteiger partial charge in [-0.2, -0.15) is 4.31 Å². The molecule has 5 rings (SSSR count). The minimum atomic E-state index is -3.87. The number of halogens is 1. The second-order valence-electron chi connectivity index (χ2n) is 8.87. The molecule has 0 bridgehead atoms. The molecular formula is C27H28FN3O4S. The maximum atomic E-state index is 13.8. The number of hydrogen-bond acceptors (Lipinski definition) is 5. The van der Waals surface area contributed by atoms with E-state index in [9.17, 15) is 12.8 Å². The van der Waals surface area contributed by atoms with E-state index in [1.165, 1.54) is 23.5 Å². The molecule has 0 atom stereocenters. The predicted octanol–water partition coefficient (Wildman–Crippen LogP) is 4.86. The van der Waals surface area contributed by atoms with Crippen LogP contribution in [0.4, 0.5) is 4.39 Å². The van der Waals surface area contributed by atoms with E-state index in [-0.39, 0.29) is 16.6 Å². The molecular weight excluding hydrogens is 481 g/mol. The standard InChI is InChI=1S/C27H28FN3O4S/c1-34-25-12-11-21(28)17-26(25)36(32,33)30-15-13-20(14-16-30)18-31-24-10-6-5-9-23(24)29-27(31)19-35-22-7-3-2-4-8-22/h2-12,17,20H,13-16,18-19H2,1H3. The molecule has 4 aromatic rings. The van der Waals surface area contributed by atoms with E-state index in [4.69, 9.17) is 14.5 Å². The monoisotopic (exact) mass is 509 g/mol. The van der Waals surface area contributed by atoms with Crippen LogP contribution >= 0.6 is 0 Å². The van der Waals surface area contributed by atoms with Gasteiger partial charge in [-0.25, -0.2) is 17.8 Å². The fraction of sp³-hybridized carbons (Fsp3) is 0.296. The summed E-state index contributed by atoms with van der Waals surface area (Å²) in [6.07, 6.45) is 1.37. The molecule has 1 saturated heterocycles.